The zero-order chi connectivity index (χ0) is 17.1. The molecule has 1 aliphatic rings. The molecular weight excluding hydrogens is 372 g/mol. The van der Waals surface area contributed by atoms with Crippen LogP contribution < -0.4 is 5.56 Å². The summed E-state index contributed by atoms with van der Waals surface area (Å²) < 4.78 is 7.85. The van der Waals surface area contributed by atoms with E-state index in [2.05, 4.69) is 27.8 Å². The van der Waals surface area contributed by atoms with Gasteiger partial charge in [0.05, 0.1) is 23.7 Å². The summed E-state index contributed by atoms with van der Waals surface area (Å²) in [5.74, 6) is 0.373. The van der Waals surface area contributed by atoms with Crippen LogP contribution in [0.5, 0.6) is 0 Å². The first-order chi connectivity index (χ1) is 11.5. The van der Waals surface area contributed by atoms with E-state index in [4.69, 9.17) is 4.74 Å². The van der Waals surface area contributed by atoms with Crippen molar-refractivity contribution in [3.63, 3.8) is 0 Å². The lowest BCUT2D eigenvalue weighted by Crippen LogP contribution is -2.26. The number of benzene rings is 1. The number of hydrogen-bond donors (Lipinski definition) is 0. The Bertz CT molecular complexity index is 802. The molecule has 0 bridgehead atoms. The first-order valence-corrected chi connectivity index (χ1v) is 9.16. The molecule has 1 aromatic carbocycles. The third-order valence-corrected chi connectivity index (χ3v) is 5.02. The van der Waals surface area contributed by atoms with Gasteiger partial charge in [0.25, 0.3) is 5.56 Å². The molecule has 0 spiro atoms. The van der Waals surface area contributed by atoms with Crippen molar-refractivity contribution in [3.8, 4) is 0 Å². The number of nitrogens with zero attached hydrogens (tertiary/aromatic N) is 2. The summed E-state index contributed by atoms with van der Waals surface area (Å²) in [6.45, 7) is 2.48. The normalized spacial score (nSPS) is 20.9. The molecule has 1 aromatic heterocycles. The van der Waals surface area contributed by atoms with E-state index in [9.17, 15) is 9.59 Å². The Morgan fingerprint density at radius 2 is 2.25 bits per heavy atom. The Kier molecular flexibility index (Phi) is 5.33. The fourth-order valence-corrected chi connectivity index (χ4v) is 3.59. The van der Waals surface area contributed by atoms with Gasteiger partial charge >= 0.3 is 5.97 Å². The average molecular weight is 393 g/mol. The molecule has 1 heterocycles. The molecule has 0 amide bonds. The van der Waals surface area contributed by atoms with Gasteiger partial charge in [0.2, 0.25) is 0 Å². The van der Waals surface area contributed by atoms with Crippen molar-refractivity contribution in [1.29, 1.82) is 0 Å². The monoisotopic (exact) mass is 392 g/mol. The smallest absolute Gasteiger partial charge is 0.307 e. The maximum Gasteiger partial charge on any atom is 0.307 e. The molecule has 24 heavy (non-hydrogen) atoms. The number of ether oxygens (including phenoxy) is 1. The highest BCUT2D eigenvalue weighted by molar-refractivity contribution is 9.10. The van der Waals surface area contributed by atoms with Crippen molar-refractivity contribution < 1.29 is 9.53 Å². The third kappa shape index (κ3) is 4.04. The van der Waals surface area contributed by atoms with E-state index in [0.717, 1.165) is 23.7 Å². The first kappa shape index (κ1) is 17.1. The maximum absolute atomic E-state index is 12.5. The number of aromatic nitrogens is 2. The largest absolute Gasteiger partial charge is 0.462 e. The molecule has 128 valence electrons. The number of fused-ring (bicyclic) bond motifs is 1. The predicted molar refractivity (Wildman–Crippen MR) is 95.8 cm³/mol. The average Bonchev–Trinajstić information content (AvgIpc) is 2.55. The summed E-state index contributed by atoms with van der Waals surface area (Å²) in [7, 11) is 0. The minimum Gasteiger partial charge on any atom is -0.462 e. The van der Waals surface area contributed by atoms with E-state index in [1.165, 1.54) is 17.3 Å². The van der Waals surface area contributed by atoms with Crippen LogP contribution in [0.2, 0.25) is 0 Å². The second-order valence-electron chi connectivity index (χ2n) is 6.54. The van der Waals surface area contributed by atoms with Gasteiger partial charge in [0.1, 0.15) is 6.10 Å². The van der Waals surface area contributed by atoms with Gasteiger partial charge < -0.3 is 4.74 Å². The predicted octanol–water partition coefficient (Wildman–Crippen LogP) is 3.67. The Morgan fingerprint density at radius 1 is 1.42 bits per heavy atom. The van der Waals surface area contributed by atoms with Gasteiger partial charge in [-0.25, -0.2) is 4.98 Å². The van der Waals surface area contributed by atoms with Gasteiger partial charge in [0.15, 0.2) is 0 Å². The van der Waals surface area contributed by atoms with E-state index in [1.807, 2.05) is 6.07 Å². The molecule has 0 aliphatic heterocycles. The van der Waals surface area contributed by atoms with Crippen LogP contribution in [0.4, 0.5) is 0 Å². The maximum atomic E-state index is 12.5. The number of carbonyl (C=O) groups excluding carboxylic acids is 1. The number of aryl methyl sites for hydroxylation is 1. The number of esters is 1. The van der Waals surface area contributed by atoms with Crippen molar-refractivity contribution in [1.82, 2.24) is 9.55 Å². The SMILES string of the molecule is CC1CCCC(OC(=O)CCn2cnc3ccc(Br)cc3c2=O)C1. The van der Waals surface area contributed by atoms with E-state index in [-0.39, 0.29) is 30.6 Å². The van der Waals surface area contributed by atoms with Gasteiger partial charge in [-0.1, -0.05) is 29.3 Å². The van der Waals surface area contributed by atoms with Crippen LogP contribution in [0.3, 0.4) is 0 Å². The molecule has 0 N–H and O–H groups in total. The standard InChI is InChI=1S/C18H21BrN2O3/c1-12-3-2-4-14(9-12)24-17(22)7-8-21-11-20-16-6-5-13(19)10-15(16)18(21)23/h5-6,10-12,14H,2-4,7-9H2,1H3. The molecule has 0 radical (unpaired) electrons. The molecule has 2 atom stereocenters. The van der Waals surface area contributed by atoms with Gasteiger partial charge in [-0.2, -0.15) is 0 Å². The second kappa shape index (κ2) is 7.47. The summed E-state index contributed by atoms with van der Waals surface area (Å²) in [5, 5.41) is 0.543. The van der Waals surface area contributed by atoms with E-state index >= 15 is 0 Å². The summed E-state index contributed by atoms with van der Waals surface area (Å²) in [4.78, 5) is 28.8. The quantitative estimate of drug-likeness (QED) is 0.744. The Balaban J connectivity index is 1.64. The van der Waals surface area contributed by atoms with E-state index < -0.39 is 0 Å². The summed E-state index contributed by atoms with van der Waals surface area (Å²) >= 11 is 3.36. The van der Waals surface area contributed by atoms with Crippen molar-refractivity contribution in [2.24, 2.45) is 5.92 Å². The fourth-order valence-electron chi connectivity index (χ4n) is 3.23. The highest BCUT2D eigenvalue weighted by Gasteiger charge is 2.22. The lowest BCUT2D eigenvalue weighted by Gasteiger charge is -2.26. The van der Waals surface area contributed by atoms with Gasteiger partial charge in [-0.15, -0.1) is 0 Å². The Morgan fingerprint density at radius 3 is 3.04 bits per heavy atom. The number of halogens is 1. The summed E-state index contributed by atoms with van der Waals surface area (Å²) in [6.07, 6.45) is 5.92. The van der Waals surface area contributed by atoms with Crippen LogP contribution in [-0.2, 0) is 16.1 Å². The minimum absolute atomic E-state index is 0.0312. The molecule has 1 saturated carbocycles. The van der Waals surface area contributed by atoms with E-state index in [1.54, 1.807) is 12.1 Å². The fraction of sp³-hybridized carbons (Fsp3) is 0.500. The number of rotatable bonds is 4. The molecule has 5 nitrogen and oxygen atoms in total. The van der Waals surface area contributed by atoms with Crippen molar-refractivity contribution >= 4 is 32.8 Å². The minimum atomic E-state index is -0.240. The first-order valence-electron chi connectivity index (χ1n) is 8.37. The van der Waals surface area contributed by atoms with Crippen LogP contribution in [0, 0.1) is 5.92 Å². The zero-order valence-electron chi connectivity index (χ0n) is 13.7. The molecule has 1 fully saturated rings. The topological polar surface area (TPSA) is 61.2 Å². The lowest BCUT2D eigenvalue weighted by molar-refractivity contribution is -0.151. The van der Waals surface area contributed by atoms with Crippen molar-refractivity contribution in [2.75, 3.05) is 0 Å². The number of hydrogen-bond acceptors (Lipinski definition) is 4. The van der Waals surface area contributed by atoms with Crippen LogP contribution in [0.25, 0.3) is 10.9 Å². The van der Waals surface area contributed by atoms with Gasteiger partial charge in [-0.05, 0) is 43.4 Å². The molecule has 1 aliphatic carbocycles. The molecule has 2 unspecified atom stereocenters. The summed E-state index contributed by atoms with van der Waals surface area (Å²) in [5.41, 5.74) is 0.513. The highest BCUT2D eigenvalue weighted by atomic mass is 79.9. The van der Waals surface area contributed by atoms with Crippen molar-refractivity contribution in [3.05, 3.63) is 39.4 Å². The van der Waals surface area contributed by atoms with Crippen LogP contribution >= 0.6 is 15.9 Å². The molecular formula is C18H21BrN2O3. The zero-order valence-corrected chi connectivity index (χ0v) is 15.3. The van der Waals surface area contributed by atoms with Crippen molar-refractivity contribution in [2.45, 2.75) is 51.7 Å². The number of carbonyl (C=O) groups is 1. The van der Waals surface area contributed by atoms with Crippen LogP contribution in [0.1, 0.15) is 39.0 Å². The Hall–Kier alpha value is -1.69. The molecule has 2 aromatic rings. The van der Waals surface area contributed by atoms with Gasteiger partial charge in [0, 0.05) is 11.0 Å². The van der Waals surface area contributed by atoms with Crippen LogP contribution in [0.15, 0.2) is 33.8 Å². The molecule has 6 heteroatoms. The van der Waals surface area contributed by atoms with Crippen LogP contribution in [-0.4, -0.2) is 21.6 Å². The van der Waals surface area contributed by atoms with E-state index in [0.29, 0.717) is 16.8 Å². The lowest BCUT2D eigenvalue weighted by atomic mass is 9.89. The molecule has 3 rings (SSSR count). The Labute approximate surface area is 149 Å². The third-order valence-electron chi connectivity index (χ3n) is 4.53. The summed E-state index contributed by atoms with van der Waals surface area (Å²) in [6, 6.07) is 5.40. The van der Waals surface area contributed by atoms with Gasteiger partial charge in [-0.3, -0.25) is 14.2 Å². The molecule has 0 saturated heterocycles. The second-order valence-corrected chi connectivity index (χ2v) is 7.45. The highest BCUT2D eigenvalue weighted by Crippen LogP contribution is 2.26.